The molecule has 2 aliphatic heterocycles. The third-order valence-electron chi connectivity index (χ3n) is 8.34. The van der Waals surface area contributed by atoms with Crippen LogP contribution >= 0.6 is 0 Å². The Balaban J connectivity index is 1.38. The van der Waals surface area contributed by atoms with E-state index in [0.717, 1.165) is 43.4 Å². The summed E-state index contributed by atoms with van der Waals surface area (Å²) in [7, 11) is 0. The number of rotatable bonds is 7. The Labute approximate surface area is 225 Å². The summed E-state index contributed by atoms with van der Waals surface area (Å²) in [5.74, 6) is -0.0381. The van der Waals surface area contributed by atoms with Crippen LogP contribution < -0.4 is 10.2 Å². The Morgan fingerprint density at radius 2 is 1.74 bits per heavy atom. The van der Waals surface area contributed by atoms with Gasteiger partial charge in [-0.25, -0.2) is 9.18 Å². The number of piperazine rings is 1. The number of fused-ring (bicyclic) bond motifs is 1. The van der Waals surface area contributed by atoms with Crippen LogP contribution in [0.4, 0.5) is 14.9 Å². The van der Waals surface area contributed by atoms with E-state index in [-0.39, 0.29) is 29.2 Å². The minimum absolute atomic E-state index is 0.00871. The van der Waals surface area contributed by atoms with Gasteiger partial charge in [0.2, 0.25) is 5.91 Å². The Morgan fingerprint density at radius 1 is 1.08 bits per heavy atom. The van der Waals surface area contributed by atoms with Gasteiger partial charge in [0, 0.05) is 56.9 Å². The molecule has 0 aromatic heterocycles. The number of anilines is 1. The van der Waals surface area contributed by atoms with Crippen LogP contribution in [0, 0.1) is 11.7 Å². The van der Waals surface area contributed by atoms with Gasteiger partial charge in [-0.1, -0.05) is 32.1 Å². The van der Waals surface area contributed by atoms with Gasteiger partial charge in [0.1, 0.15) is 5.82 Å². The summed E-state index contributed by atoms with van der Waals surface area (Å²) in [6.45, 7) is 10.1. The van der Waals surface area contributed by atoms with Crippen LogP contribution in [0.1, 0.15) is 71.8 Å². The highest BCUT2D eigenvalue weighted by atomic mass is 19.1. The van der Waals surface area contributed by atoms with Crippen LogP contribution in [0.2, 0.25) is 0 Å². The summed E-state index contributed by atoms with van der Waals surface area (Å²) in [6.07, 6.45) is 5.43. The lowest BCUT2D eigenvalue weighted by Crippen LogP contribution is -2.54. The molecule has 38 heavy (non-hydrogen) atoms. The molecule has 2 fully saturated rings. The van der Waals surface area contributed by atoms with E-state index in [1.807, 2.05) is 6.92 Å². The number of nitrogens with zero attached hydrogens (tertiary/aromatic N) is 3. The molecule has 1 saturated heterocycles. The van der Waals surface area contributed by atoms with Crippen LogP contribution in [0.3, 0.4) is 0 Å². The van der Waals surface area contributed by atoms with Crippen LogP contribution in [0.25, 0.3) is 0 Å². The molecule has 0 radical (unpaired) electrons. The molecule has 8 nitrogen and oxygen atoms in total. The van der Waals surface area contributed by atoms with Crippen molar-refractivity contribution in [3.8, 4) is 0 Å². The van der Waals surface area contributed by atoms with Crippen molar-refractivity contribution in [3.63, 3.8) is 0 Å². The predicted molar refractivity (Wildman–Crippen MR) is 144 cm³/mol. The molecule has 1 aliphatic carbocycles. The number of benzene rings is 1. The maximum atomic E-state index is 13.8. The van der Waals surface area contributed by atoms with Gasteiger partial charge in [-0.05, 0) is 63.3 Å². The second-order valence-electron chi connectivity index (χ2n) is 11.9. The number of alkyl carbamates (subject to hydrolysis) is 1. The first-order valence-electron chi connectivity index (χ1n) is 14.1. The lowest BCUT2D eigenvalue weighted by atomic mass is 9.85. The van der Waals surface area contributed by atoms with Crippen LogP contribution in [0.15, 0.2) is 18.2 Å². The monoisotopic (exact) mass is 530 g/mol. The zero-order chi connectivity index (χ0) is 27.4. The molecule has 1 N–H and O–H groups in total. The highest BCUT2D eigenvalue weighted by Gasteiger charge is 2.37. The van der Waals surface area contributed by atoms with Crippen LogP contribution in [-0.4, -0.2) is 78.1 Å². The van der Waals surface area contributed by atoms with E-state index in [0.29, 0.717) is 45.1 Å². The molecule has 0 bridgehead atoms. The number of hydrogen-bond donors (Lipinski definition) is 1. The minimum Gasteiger partial charge on any atom is -0.436 e. The van der Waals surface area contributed by atoms with Crippen molar-refractivity contribution in [1.82, 2.24) is 15.1 Å². The normalized spacial score (nSPS) is 21.0. The average Bonchev–Trinajstić information content (AvgIpc) is 3.11. The topological polar surface area (TPSA) is 82.2 Å². The largest absolute Gasteiger partial charge is 0.436 e. The molecule has 0 unspecified atom stereocenters. The van der Waals surface area contributed by atoms with E-state index in [1.54, 1.807) is 21.9 Å². The fourth-order valence-corrected chi connectivity index (χ4v) is 6.25. The second-order valence-corrected chi connectivity index (χ2v) is 11.9. The average molecular weight is 531 g/mol. The maximum absolute atomic E-state index is 13.8. The van der Waals surface area contributed by atoms with Crippen molar-refractivity contribution >= 4 is 23.6 Å². The Hall–Kier alpha value is -2.84. The van der Waals surface area contributed by atoms with Crippen molar-refractivity contribution in [2.75, 3.05) is 37.6 Å². The number of carbonyl (C=O) groups is 3. The van der Waals surface area contributed by atoms with Gasteiger partial charge in [-0.15, -0.1) is 0 Å². The molecule has 4 rings (SSSR count). The molecular weight excluding hydrogens is 487 g/mol. The Morgan fingerprint density at radius 3 is 2.39 bits per heavy atom. The number of hydrogen-bond acceptors (Lipinski definition) is 5. The Kier molecular flexibility index (Phi) is 8.83. The first kappa shape index (κ1) is 28.2. The van der Waals surface area contributed by atoms with Crippen molar-refractivity contribution in [2.24, 2.45) is 5.92 Å². The standard InChI is InChI=1S/C29H43FN4O4/c1-20(19-34-25-11-10-24(30)17-23(25)18-29(34,3)4)31-28(37)38-26(16-22-8-6-5-7-9-22)27(36)33-14-12-32(13-15-33)21(2)35/h10-11,17,20,22,26H,5-9,12-16,18-19H2,1-4H3,(H,31,37)/t20-,26-/m0/s1. The lowest BCUT2D eigenvalue weighted by Gasteiger charge is -2.37. The number of halogens is 1. The highest BCUT2D eigenvalue weighted by molar-refractivity contribution is 5.84. The first-order valence-corrected chi connectivity index (χ1v) is 14.1. The van der Waals surface area contributed by atoms with Crippen molar-refractivity contribution in [2.45, 2.75) is 90.3 Å². The van der Waals surface area contributed by atoms with E-state index in [1.165, 1.54) is 19.4 Å². The molecule has 210 valence electrons. The van der Waals surface area contributed by atoms with Crippen molar-refractivity contribution < 1.29 is 23.5 Å². The number of carbonyl (C=O) groups excluding carboxylic acids is 3. The van der Waals surface area contributed by atoms with Gasteiger partial charge >= 0.3 is 6.09 Å². The van der Waals surface area contributed by atoms with Gasteiger partial charge in [-0.3, -0.25) is 9.59 Å². The summed E-state index contributed by atoms with van der Waals surface area (Å²) in [5.41, 5.74) is 1.73. The Bertz CT molecular complexity index is 1020. The van der Waals surface area contributed by atoms with E-state index in [2.05, 4.69) is 24.1 Å². The van der Waals surface area contributed by atoms with Crippen molar-refractivity contribution in [3.05, 3.63) is 29.6 Å². The quantitative estimate of drug-likeness (QED) is 0.574. The molecule has 2 heterocycles. The smallest absolute Gasteiger partial charge is 0.408 e. The fraction of sp³-hybridized carbons (Fsp3) is 0.690. The van der Waals surface area contributed by atoms with E-state index < -0.39 is 12.2 Å². The second kappa shape index (κ2) is 11.9. The summed E-state index contributed by atoms with van der Waals surface area (Å²) in [4.78, 5) is 43.9. The fourth-order valence-electron chi connectivity index (χ4n) is 6.25. The molecule has 3 aliphatic rings. The zero-order valence-electron chi connectivity index (χ0n) is 23.3. The number of amides is 3. The van der Waals surface area contributed by atoms with Gasteiger partial charge in [0.15, 0.2) is 6.10 Å². The van der Waals surface area contributed by atoms with Gasteiger partial charge in [0.25, 0.3) is 5.91 Å². The zero-order valence-corrected chi connectivity index (χ0v) is 23.3. The summed E-state index contributed by atoms with van der Waals surface area (Å²) in [5, 5.41) is 2.93. The third kappa shape index (κ3) is 6.77. The summed E-state index contributed by atoms with van der Waals surface area (Å²) in [6, 6.07) is 4.61. The van der Waals surface area contributed by atoms with E-state index in [4.69, 9.17) is 4.74 Å². The highest BCUT2D eigenvalue weighted by Crippen LogP contribution is 2.39. The SMILES string of the molecule is CC(=O)N1CCN(C(=O)[C@H](CC2CCCCC2)OC(=O)N[C@@H](C)CN2c3ccc(F)cc3CC2(C)C)CC1. The number of nitrogens with one attached hydrogen (secondary N) is 1. The molecule has 1 saturated carbocycles. The predicted octanol–water partition coefficient (Wildman–Crippen LogP) is 4.11. The van der Waals surface area contributed by atoms with Gasteiger partial charge in [0.05, 0.1) is 0 Å². The first-order chi connectivity index (χ1) is 18.0. The lowest BCUT2D eigenvalue weighted by molar-refractivity contribution is -0.145. The van der Waals surface area contributed by atoms with Gasteiger partial charge < -0.3 is 24.8 Å². The molecule has 0 spiro atoms. The minimum atomic E-state index is -0.832. The molecule has 2 atom stereocenters. The molecule has 3 amide bonds. The van der Waals surface area contributed by atoms with E-state index >= 15 is 0 Å². The number of ether oxygens (including phenoxy) is 1. The maximum Gasteiger partial charge on any atom is 0.408 e. The van der Waals surface area contributed by atoms with Crippen LogP contribution in [0.5, 0.6) is 0 Å². The van der Waals surface area contributed by atoms with Crippen molar-refractivity contribution in [1.29, 1.82) is 0 Å². The third-order valence-corrected chi connectivity index (χ3v) is 8.34. The van der Waals surface area contributed by atoms with Gasteiger partial charge in [-0.2, -0.15) is 0 Å². The van der Waals surface area contributed by atoms with E-state index in [9.17, 15) is 18.8 Å². The molecule has 1 aromatic rings. The molecular formula is C29H43FN4O4. The molecule has 1 aromatic carbocycles. The summed E-state index contributed by atoms with van der Waals surface area (Å²) >= 11 is 0. The summed E-state index contributed by atoms with van der Waals surface area (Å²) < 4.78 is 19.6. The van der Waals surface area contributed by atoms with Crippen LogP contribution in [-0.2, 0) is 20.7 Å². The molecule has 9 heteroatoms.